The normalized spacial score (nSPS) is 17.2. The van der Waals surface area contributed by atoms with E-state index >= 15 is 0 Å². The highest BCUT2D eigenvalue weighted by Gasteiger charge is 2.49. The Labute approximate surface area is 171 Å². The zero-order valence-electron chi connectivity index (χ0n) is 16.0. The number of imidazole rings is 1. The maximum atomic E-state index is 14.6. The van der Waals surface area contributed by atoms with Gasteiger partial charge in [0.15, 0.2) is 5.65 Å². The SMILES string of the molecule is Fc1ccc(-c2nc3ccc(N4CCC45CNC5)nc3n2-c2ccncc2)c(F)c1. The highest BCUT2D eigenvalue weighted by atomic mass is 19.1. The summed E-state index contributed by atoms with van der Waals surface area (Å²) in [7, 11) is 0. The molecular formula is C22H18F2N6. The van der Waals surface area contributed by atoms with Crippen molar-refractivity contribution in [2.45, 2.75) is 12.0 Å². The summed E-state index contributed by atoms with van der Waals surface area (Å²) in [6.07, 6.45) is 4.48. The molecule has 0 saturated carbocycles. The molecule has 8 heteroatoms. The van der Waals surface area contributed by atoms with Crippen molar-refractivity contribution < 1.29 is 8.78 Å². The van der Waals surface area contributed by atoms with Crippen LogP contribution in [0.3, 0.4) is 0 Å². The molecule has 150 valence electrons. The molecule has 1 N–H and O–H groups in total. The summed E-state index contributed by atoms with van der Waals surface area (Å²) in [5.74, 6) is -0.0259. The van der Waals surface area contributed by atoms with Crippen molar-refractivity contribution in [1.82, 2.24) is 24.8 Å². The monoisotopic (exact) mass is 404 g/mol. The minimum Gasteiger partial charge on any atom is -0.348 e. The number of fused-ring (bicyclic) bond motifs is 1. The Hall–Kier alpha value is -3.39. The molecule has 2 aliphatic rings. The number of nitrogens with zero attached hydrogens (tertiary/aromatic N) is 5. The van der Waals surface area contributed by atoms with Crippen LogP contribution in [-0.4, -0.2) is 44.7 Å². The van der Waals surface area contributed by atoms with E-state index < -0.39 is 11.6 Å². The molecule has 1 aromatic carbocycles. The molecule has 2 fully saturated rings. The van der Waals surface area contributed by atoms with Gasteiger partial charge in [-0.15, -0.1) is 0 Å². The lowest BCUT2D eigenvalue weighted by molar-refractivity contribution is 0.178. The Morgan fingerprint density at radius 1 is 0.967 bits per heavy atom. The minimum absolute atomic E-state index is 0.161. The van der Waals surface area contributed by atoms with Crippen LogP contribution >= 0.6 is 0 Å². The predicted molar refractivity (Wildman–Crippen MR) is 110 cm³/mol. The van der Waals surface area contributed by atoms with E-state index in [0.717, 1.165) is 43.6 Å². The molecule has 1 spiro atoms. The number of hydrogen-bond acceptors (Lipinski definition) is 5. The molecule has 0 aliphatic carbocycles. The highest BCUT2D eigenvalue weighted by molar-refractivity contribution is 5.82. The van der Waals surface area contributed by atoms with Crippen molar-refractivity contribution in [1.29, 1.82) is 0 Å². The van der Waals surface area contributed by atoms with Crippen LogP contribution in [0.5, 0.6) is 0 Å². The van der Waals surface area contributed by atoms with Gasteiger partial charge in [0.2, 0.25) is 0 Å². The van der Waals surface area contributed by atoms with Gasteiger partial charge in [-0.05, 0) is 42.8 Å². The third-order valence-electron chi connectivity index (χ3n) is 6.14. The topological polar surface area (TPSA) is 58.9 Å². The van der Waals surface area contributed by atoms with Gasteiger partial charge in [0.25, 0.3) is 0 Å². The number of hydrogen-bond donors (Lipinski definition) is 1. The molecule has 0 atom stereocenters. The van der Waals surface area contributed by atoms with Crippen LogP contribution in [0.2, 0.25) is 0 Å². The third-order valence-corrected chi connectivity index (χ3v) is 6.14. The van der Waals surface area contributed by atoms with Crippen LogP contribution in [0.4, 0.5) is 14.6 Å². The first kappa shape index (κ1) is 17.5. The molecule has 4 aromatic rings. The molecule has 5 heterocycles. The fraction of sp³-hybridized carbons (Fsp3) is 0.227. The summed E-state index contributed by atoms with van der Waals surface area (Å²) < 4.78 is 29.9. The predicted octanol–water partition coefficient (Wildman–Crippen LogP) is 3.31. The highest BCUT2D eigenvalue weighted by Crippen LogP contribution is 2.39. The van der Waals surface area contributed by atoms with E-state index in [-0.39, 0.29) is 11.1 Å². The van der Waals surface area contributed by atoms with E-state index in [2.05, 4.69) is 20.2 Å². The second-order valence-electron chi connectivity index (χ2n) is 7.84. The molecule has 2 saturated heterocycles. The largest absolute Gasteiger partial charge is 0.348 e. The van der Waals surface area contributed by atoms with Gasteiger partial charge in [0, 0.05) is 38.1 Å². The van der Waals surface area contributed by atoms with Gasteiger partial charge in [-0.1, -0.05) is 0 Å². The van der Waals surface area contributed by atoms with Crippen LogP contribution < -0.4 is 10.2 Å². The molecule has 6 rings (SSSR count). The molecule has 0 unspecified atom stereocenters. The fourth-order valence-electron chi connectivity index (χ4n) is 4.37. The summed E-state index contributed by atoms with van der Waals surface area (Å²) in [6, 6.07) is 11.0. The van der Waals surface area contributed by atoms with Crippen molar-refractivity contribution in [3.8, 4) is 17.1 Å². The molecule has 0 bridgehead atoms. The number of benzene rings is 1. The van der Waals surface area contributed by atoms with Gasteiger partial charge < -0.3 is 10.2 Å². The van der Waals surface area contributed by atoms with E-state index in [1.165, 1.54) is 12.1 Å². The number of pyridine rings is 2. The number of anilines is 1. The van der Waals surface area contributed by atoms with E-state index in [0.29, 0.717) is 17.0 Å². The van der Waals surface area contributed by atoms with Crippen LogP contribution in [0, 0.1) is 11.6 Å². The summed E-state index contributed by atoms with van der Waals surface area (Å²) in [4.78, 5) is 16.0. The van der Waals surface area contributed by atoms with E-state index in [9.17, 15) is 8.78 Å². The Balaban J connectivity index is 1.57. The van der Waals surface area contributed by atoms with E-state index in [1.54, 1.807) is 12.4 Å². The standard InChI is InChI=1S/C22H18F2N6/c23-14-1-2-16(17(24)11-14)20-27-18-3-4-19(29-10-7-22(29)12-26-13-22)28-21(18)30(20)15-5-8-25-9-6-15/h1-6,8-9,11,26H,7,10,12-13H2. The van der Waals surface area contributed by atoms with Gasteiger partial charge in [0.1, 0.15) is 28.8 Å². The lowest BCUT2D eigenvalue weighted by Crippen LogP contribution is -2.76. The molecular weight excluding hydrogens is 386 g/mol. The van der Waals surface area contributed by atoms with Crippen molar-refractivity contribution in [2.75, 3.05) is 24.5 Å². The first-order chi connectivity index (χ1) is 14.6. The summed E-state index contributed by atoms with van der Waals surface area (Å²) in [5, 5.41) is 3.35. The van der Waals surface area contributed by atoms with Gasteiger partial charge >= 0.3 is 0 Å². The zero-order valence-corrected chi connectivity index (χ0v) is 16.0. The van der Waals surface area contributed by atoms with Gasteiger partial charge in [-0.3, -0.25) is 9.55 Å². The van der Waals surface area contributed by atoms with Crippen molar-refractivity contribution >= 4 is 17.0 Å². The molecule has 3 aromatic heterocycles. The molecule has 30 heavy (non-hydrogen) atoms. The summed E-state index contributed by atoms with van der Waals surface area (Å²) >= 11 is 0. The van der Waals surface area contributed by atoms with Crippen molar-refractivity contribution in [3.05, 3.63) is 66.5 Å². The summed E-state index contributed by atoms with van der Waals surface area (Å²) in [6.45, 7) is 2.88. The van der Waals surface area contributed by atoms with Crippen LogP contribution in [-0.2, 0) is 0 Å². The maximum absolute atomic E-state index is 14.6. The Bertz CT molecular complexity index is 1260. The lowest BCUT2D eigenvalue weighted by atomic mass is 9.79. The Kier molecular flexibility index (Phi) is 3.67. The first-order valence-electron chi connectivity index (χ1n) is 9.88. The van der Waals surface area contributed by atoms with Gasteiger partial charge in [0.05, 0.1) is 16.8 Å². The van der Waals surface area contributed by atoms with Crippen LogP contribution in [0.25, 0.3) is 28.2 Å². The van der Waals surface area contributed by atoms with Crippen LogP contribution in [0.15, 0.2) is 54.9 Å². The average molecular weight is 404 g/mol. The zero-order chi connectivity index (χ0) is 20.3. The molecule has 2 aliphatic heterocycles. The maximum Gasteiger partial charge on any atom is 0.167 e. The smallest absolute Gasteiger partial charge is 0.167 e. The third kappa shape index (κ3) is 2.46. The minimum atomic E-state index is -0.664. The van der Waals surface area contributed by atoms with Gasteiger partial charge in [-0.25, -0.2) is 18.7 Å². The van der Waals surface area contributed by atoms with Gasteiger partial charge in [-0.2, -0.15) is 0 Å². The van der Waals surface area contributed by atoms with Crippen molar-refractivity contribution in [3.63, 3.8) is 0 Å². The lowest BCUT2D eigenvalue weighted by Gasteiger charge is -2.59. The van der Waals surface area contributed by atoms with Crippen LogP contribution in [0.1, 0.15) is 6.42 Å². The summed E-state index contributed by atoms with van der Waals surface area (Å²) in [5.41, 5.74) is 2.42. The first-order valence-corrected chi connectivity index (χ1v) is 9.88. The fourth-order valence-corrected chi connectivity index (χ4v) is 4.37. The number of rotatable bonds is 3. The Morgan fingerprint density at radius 3 is 2.47 bits per heavy atom. The number of nitrogens with one attached hydrogen (secondary N) is 1. The van der Waals surface area contributed by atoms with E-state index in [1.807, 2.05) is 28.8 Å². The van der Waals surface area contributed by atoms with E-state index in [4.69, 9.17) is 4.98 Å². The second kappa shape index (κ2) is 6.30. The molecule has 0 amide bonds. The number of halogens is 2. The van der Waals surface area contributed by atoms with Crippen molar-refractivity contribution in [2.24, 2.45) is 0 Å². The molecule has 6 nitrogen and oxygen atoms in total. The quantitative estimate of drug-likeness (QED) is 0.568. The Morgan fingerprint density at radius 2 is 1.80 bits per heavy atom. The second-order valence-corrected chi connectivity index (χ2v) is 7.84. The molecule has 0 radical (unpaired) electrons. The average Bonchev–Trinajstić information content (AvgIpc) is 3.05. The number of aromatic nitrogens is 4.